The van der Waals surface area contributed by atoms with Crippen molar-refractivity contribution in [1.82, 2.24) is 4.98 Å². The molecule has 0 radical (unpaired) electrons. The van der Waals surface area contributed by atoms with Crippen LogP contribution < -0.4 is 0 Å². The van der Waals surface area contributed by atoms with Gasteiger partial charge in [0.1, 0.15) is 0 Å². The zero-order valence-electron chi connectivity index (χ0n) is 19.2. The number of benzene rings is 5. The van der Waals surface area contributed by atoms with Gasteiger partial charge in [-0.25, -0.2) is 0 Å². The van der Waals surface area contributed by atoms with Crippen molar-refractivity contribution in [2.24, 2.45) is 0 Å². The molecule has 1 nitrogen and oxygen atoms in total. The lowest BCUT2D eigenvalue weighted by Gasteiger charge is -2.09. The molecule has 36 heavy (non-hydrogen) atoms. The SMILES string of the molecule is c1cc(-c2ccc3c(c2)ncc2sc4ccccc4c23)cc(-c2cccc3c2sc2ccccc23)c1. The second-order valence-corrected chi connectivity index (χ2v) is 11.3. The molecule has 168 valence electrons. The quantitative estimate of drug-likeness (QED) is 0.233. The molecule has 0 aliphatic heterocycles. The monoisotopic (exact) mass is 493 g/mol. The number of hydrogen-bond donors (Lipinski definition) is 0. The molecule has 0 N–H and O–H groups in total. The molecule has 0 saturated carbocycles. The molecular weight excluding hydrogens is 475 g/mol. The van der Waals surface area contributed by atoms with Crippen LogP contribution in [0.4, 0.5) is 0 Å². The number of aromatic nitrogens is 1. The lowest BCUT2D eigenvalue weighted by Crippen LogP contribution is -1.84. The van der Waals surface area contributed by atoms with E-state index in [0.29, 0.717) is 0 Å². The first-order valence-corrected chi connectivity index (χ1v) is 13.7. The maximum Gasteiger partial charge on any atom is 0.0715 e. The highest BCUT2D eigenvalue weighted by molar-refractivity contribution is 7.26. The summed E-state index contributed by atoms with van der Waals surface area (Å²) in [5.74, 6) is 0. The van der Waals surface area contributed by atoms with E-state index in [9.17, 15) is 0 Å². The normalized spacial score (nSPS) is 11.9. The van der Waals surface area contributed by atoms with Crippen molar-refractivity contribution >= 4 is 73.9 Å². The standard InChI is InChI=1S/C33H19NS2/c1-3-13-29-24(9-1)25-12-6-11-23(33(25)36-29)22-8-5-7-20(17-22)21-15-16-26-28(18-21)34-19-31-32(26)27-10-2-4-14-30(27)35-31/h1-19H. The topological polar surface area (TPSA) is 12.9 Å². The van der Waals surface area contributed by atoms with Gasteiger partial charge in [-0.15, -0.1) is 22.7 Å². The van der Waals surface area contributed by atoms with Gasteiger partial charge in [0.05, 0.1) is 10.2 Å². The Bertz CT molecular complexity index is 2110. The van der Waals surface area contributed by atoms with Crippen LogP contribution in [-0.2, 0) is 0 Å². The maximum absolute atomic E-state index is 4.85. The van der Waals surface area contributed by atoms with Crippen LogP contribution in [0.1, 0.15) is 0 Å². The Balaban J connectivity index is 1.29. The Hall–Kier alpha value is -4.05. The van der Waals surface area contributed by atoms with E-state index in [-0.39, 0.29) is 0 Å². The fraction of sp³-hybridized carbons (Fsp3) is 0. The molecule has 0 spiro atoms. The number of thiophene rings is 2. The summed E-state index contributed by atoms with van der Waals surface area (Å²) in [5.41, 5.74) is 5.99. The summed E-state index contributed by atoms with van der Waals surface area (Å²) in [7, 11) is 0. The van der Waals surface area contributed by atoms with Crippen molar-refractivity contribution in [2.45, 2.75) is 0 Å². The fourth-order valence-corrected chi connectivity index (χ4v) is 7.76. The summed E-state index contributed by atoms with van der Waals surface area (Å²) in [6.07, 6.45) is 2.03. The third-order valence-electron chi connectivity index (χ3n) is 7.12. The Morgan fingerprint density at radius 1 is 0.472 bits per heavy atom. The fourth-order valence-electron chi connectivity index (χ4n) is 5.43. The van der Waals surface area contributed by atoms with Gasteiger partial charge in [0.2, 0.25) is 0 Å². The minimum atomic E-state index is 1.04. The third-order valence-corrected chi connectivity index (χ3v) is 9.45. The molecule has 0 fully saturated rings. The molecule has 0 atom stereocenters. The van der Waals surface area contributed by atoms with E-state index in [4.69, 9.17) is 4.98 Å². The average molecular weight is 494 g/mol. The van der Waals surface area contributed by atoms with Crippen molar-refractivity contribution in [1.29, 1.82) is 0 Å². The van der Waals surface area contributed by atoms with Crippen molar-refractivity contribution in [3.05, 3.63) is 115 Å². The van der Waals surface area contributed by atoms with Crippen LogP contribution in [0.3, 0.4) is 0 Å². The van der Waals surface area contributed by atoms with Gasteiger partial charge in [-0.05, 0) is 46.5 Å². The molecule has 5 aromatic carbocycles. The molecule has 0 saturated heterocycles. The summed E-state index contributed by atoms with van der Waals surface area (Å²) in [5, 5.41) is 6.53. The summed E-state index contributed by atoms with van der Waals surface area (Å²) in [4.78, 5) is 4.85. The molecule has 3 heteroatoms. The predicted molar refractivity (Wildman–Crippen MR) is 158 cm³/mol. The lowest BCUT2D eigenvalue weighted by atomic mass is 9.97. The van der Waals surface area contributed by atoms with Crippen LogP contribution in [0.2, 0.25) is 0 Å². The van der Waals surface area contributed by atoms with E-state index in [1.54, 1.807) is 0 Å². The van der Waals surface area contributed by atoms with Gasteiger partial charge in [-0.3, -0.25) is 4.98 Å². The minimum Gasteiger partial charge on any atom is -0.255 e. The Morgan fingerprint density at radius 3 is 2.11 bits per heavy atom. The first-order chi connectivity index (χ1) is 17.8. The highest BCUT2D eigenvalue weighted by atomic mass is 32.1. The molecular formula is C33H19NS2. The number of pyridine rings is 1. The molecule has 0 aliphatic carbocycles. The zero-order chi connectivity index (χ0) is 23.6. The smallest absolute Gasteiger partial charge is 0.0715 e. The molecule has 0 bridgehead atoms. The Kier molecular flexibility index (Phi) is 4.33. The molecule has 3 heterocycles. The van der Waals surface area contributed by atoms with Gasteiger partial charge in [0.15, 0.2) is 0 Å². The van der Waals surface area contributed by atoms with Crippen LogP contribution in [0.15, 0.2) is 115 Å². The predicted octanol–water partition coefficient (Wildman–Crippen LogP) is 10.3. The molecule has 0 aliphatic rings. The molecule has 8 aromatic rings. The summed E-state index contributed by atoms with van der Waals surface area (Å²) < 4.78 is 5.25. The molecule has 0 unspecified atom stereocenters. The van der Waals surface area contributed by atoms with Crippen molar-refractivity contribution in [3.63, 3.8) is 0 Å². The lowest BCUT2D eigenvalue weighted by molar-refractivity contribution is 1.45. The highest BCUT2D eigenvalue weighted by Gasteiger charge is 2.13. The zero-order valence-corrected chi connectivity index (χ0v) is 20.9. The van der Waals surface area contributed by atoms with E-state index in [0.717, 1.165) is 5.52 Å². The van der Waals surface area contributed by atoms with Crippen LogP contribution >= 0.6 is 22.7 Å². The average Bonchev–Trinajstić information content (AvgIpc) is 3.51. The molecule has 0 amide bonds. The number of rotatable bonds is 2. The second-order valence-electron chi connectivity index (χ2n) is 9.19. The number of nitrogens with zero attached hydrogens (tertiary/aromatic N) is 1. The van der Waals surface area contributed by atoms with Crippen molar-refractivity contribution < 1.29 is 0 Å². The summed E-state index contributed by atoms with van der Waals surface area (Å²) in [6.45, 7) is 0. The van der Waals surface area contributed by atoms with Crippen molar-refractivity contribution in [3.8, 4) is 22.3 Å². The van der Waals surface area contributed by atoms with E-state index >= 15 is 0 Å². The van der Waals surface area contributed by atoms with Crippen LogP contribution in [-0.4, -0.2) is 4.98 Å². The highest BCUT2D eigenvalue weighted by Crippen LogP contribution is 2.41. The minimum absolute atomic E-state index is 1.04. The van der Waals surface area contributed by atoms with E-state index in [2.05, 4.69) is 109 Å². The largest absolute Gasteiger partial charge is 0.255 e. The van der Waals surface area contributed by atoms with Crippen LogP contribution in [0, 0.1) is 0 Å². The first-order valence-electron chi connectivity index (χ1n) is 12.0. The first kappa shape index (κ1) is 20.2. The van der Waals surface area contributed by atoms with Crippen LogP contribution in [0.5, 0.6) is 0 Å². The molecule has 3 aromatic heterocycles. The van der Waals surface area contributed by atoms with Gasteiger partial charge in [-0.2, -0.15) is 0 Å². The van der Waals surface area contributed by atoms with E-state index < -0.39 is 0 Å². The van der Waals surface area contributed by atoms with Gasteiger partial charge in [0, 0.05) is 47.2 Å². The number of fused-ring (bicyclic) bond motifs is 8. The van der Waals surface area contributed by atoms with E-state index in [1.807, 2.05) is 28.9 Å². The summed E-state index contributed by atoms with van der Waals surface area (Å²) in [6, 6.07) is 39.7. The Labute approximate surface area is 215 Å². The second kappa shape index (κ2) is 7.72. The van der Waals surface area contributed by atoms with Crippen LogP contribution in [0.25, 0.3) is 73.5 Å². The number of hydrogen-bond acceptors (Lipinski definition) is 3. The summed E-state index contributed by atoms with van der Waals surface area (Å²) >= 11 is 3.70. The maximum atomic E-state index is 4.85. The van der Waals surface area contributed by atoms with Gasteiger partial charge in [-0.1, -0.05) is 84.9 Å². The van der Waals surface area contributed by atoms with E-state index in [1.165, 1.54) is 68.0 Å². The molecule has 8 rings (SSSR count). The van der Waals surface area contributed by atoms with Gasteiger partial charge < -0.3 is 0 Å². The Morgan fingerprint density at radius 2 is 1.19 bits per heavy atom. The van der Waals surface area contributed by atoms with Gasteiger partial charge >= 0.3 is 0 Å². The third kappa shape index (κ3) is 2.97. The van der Waals surface area contributed by atoms with Crippen molar-refractivity contribution in [2.75, 3.05) is 0 Å². The van der Waals surface area contributed by atoms with Gasteiger partial charge in [0.25, 0.3) is 0 Å².